The van der Waals surface area contributed by atoms with Gasteiger partial charge in [-0.2, -0.15) is 5.26 Å². The summed E-state index contributed by atoms with van der Waals surface area (Å²) >= 11 is 1.40. The maximum Gasteiger partial charge on any atom is 0.262 e. The minimum Gasteiger partial charge on any atom is -0.371 e. The van der Waals surface area contributed by atoms with Crippen molar-refractivity contribution in [3.05, 3.63) is 58.3 Å². The lowest BCUT2D eigenvalue weighted by Gasteiger charge is -2.53. The molecule has 0 aliphatic carbocycles. The molecule has 1 amide bonds. The Morgan fingerprint density at radius 3 is 2.66 bits per heavy atom. The van der Waals surface area contributed by atoms with Gasteiger partial charge in [0.1, 0.15) is 0 Å². The van der Waals surface area contributed by atoms with Gasteiger partial charge in [-0.25, -0.2) is 0 Å². The van der Waals surface area contributed by atoms with E-state index in [2.05, 4.69) is 11.4 Å². The van der Waals surface area contributed by atoms with Crippen molar-refractivity contribution in [1.29, 1.82) is 5.26 Å². The zero-order valence-electron chi connectivity index (χ0n) is 16.6. The number of nitriles is 1. The molecule has 152 valence electrons. The predicted octanol–water partition coefficient (Wildman–Crippen LogP) is 3.01. The largest absolute Gasteiger partial charge is 0.371 e. The van der Waals surface area contributed by atoms with Gasteiger partial charge in [-0.15, -0.1) is 11.3 Å². The number of benzene rings is 1. The van der Waals surface area contributed by atoms with E-state index in [1.807, 2.05) is 47.8 Å². The first-order valence-corrected chi connectivity index (χ1v) is 11.3. The molecular formula is C23H28N3O2S+. The molecule has 2 bridgehead atoms. The number of nitrogens with one attached hydrogen (secondary N) is 1. The summed E-state index contributed by atoms with van der Waals surface area (Å²) in [4.78, 5) is 14.1. The number of rotatable bonds is 7. The van der Waals surface area contributed by atoms with Gasteiger partial charge < -0.3 is 14.9 Å². The highest BCUT2D eigenvalue weighted by Gasteiger charge is 2.49. The van der Waals surface area contributed by atoms with E-state index in [1.54, 1.807) is 0 Å². The van der Waals surface area contributed by atoms with E-state index >= 15 is 0 Å². The van der Waals surface area contributed by atoms with Gasteiger partial charge >= 0.3 is 0 Å². The first-order valence-electron chi connectivity index (χ1n) is 10.4. The van der Waals surface area contributed by atoms with E-state index in [1.165, 1.54) is 11.3 Å². The molecule has 3 saturated heterocycles. The van der Waals surface area contributed by atoms with Crippen LogP contribution in [0.4, 0.5) is 0 Å². The highest BCUT2D eigenvalue weighted by molar-refractivity contribution is 7.10. The number of aliphatic hydroxyl groups is 1. The van der Waals surface area contributed by atoms with Crippen LogP contribution in [0, 0.1) is 17.2 Å². The summed E-state index contributed by atoms with van der Waals surface area (Å²) in [6.45, 7) is 4.17. The lowest BCUT2D eigenvalue weighted by Crippen LogP contribution is -2.68. The molecule has 5 nitrogen and oxygen atoms in total. The molecule has 5 rings (SSSR count). The second kappa shape index (κ2) is 8.27. The smallest absolute Gasteiger partial charge is 0.262 e. The monoisotopic (exact) mass is 410 g/mol. The molecule has 0 radical (unpaired) electrons. The summed E-state index contributed by atoms with van der Waals surface area (Å²) < 4.78 is 0.992. The zero-order chi connectivity index (χ0) is 20.3. The fraction of sp³-hybridized carbons (Fsp3) is 0.478. The van der Waals surface area contributed by atoms with Gasteiger partial charge in [0.25, 0.3) is 5.91 Å². The number of carbonyl (C=O) groups is 1. The summed E-state index contributed by atoms with van der Waals surface area (Å²) in [5, 5.41) is 25.6. The van der Waals surface area contributed by atoms with Crippen LogP contribution in [0.15, 0.2) is 47.8 Å². The number of hydrogen-bond acceptors (Lipinski definition) is 4. The van der Waals surface area contributed by atoms with Crippen LogP contribution in [0.2, 0.25) is 0 Å². The van der Waals surface area contributed by atoms with Crippen molar-refractivity contribution in [2.75, 3.05) is 26.2 Å². The second-order valence-corrected chi connectivity index (χ2v) is 9.38. The molecule has 1 unspecified atom stereocenters. The third kappa shape index (κ3) is 3.83. The lowest BCUT2D eigenvalue weighted by molar-refractivity contribution is -0.944. The quantitative estimate of drug-likeness (QED) is 0.544. The van der Waals surface area contributed by atoms with E-state index in [9.17, 15) is 9.90 Å². The van der Waals surface area contributed by atoms with Crippen molar-refractivity contribution in [3.63, 3.8) is 0 Å². The molecular weight excluding hydrogens is 382 g/mol. The molecule has 2 atom stereocenters. The van der Waals surface area contributed by atoms with E-state index < -0.39 is 5.60 Å². The number of quaternary nitrogens is 1. The number of carbonyl (C=O) groups excluding carboxylic acids is 1. The van der Waals surface area contributed by atoms with Gasteiger partial charge in [0, 0.05) is 25.7 Å². The van der Waals surface area contributed by atoms with E-state index in [0.29, 0.717) is 22.8 Å². The SMILES string of the molecule is N#CCCC[N+]12CCC(CC1)[C@@H](NC(=O)C(O)(c1ccccc1)c1cccs1)C2. The van der Waals surface area contributed by atoms with Crippen molar-refractivity contribution < 1.29 is 14.4 Å². The minimum atomic E-state index is -1.67. The topological polar surface area (TPSA) is 73.1 Å². The van der Waals surface area contributed by atoms with Crippen molar-refractivity contribution in [2.24, 2.45) is 5.92 Å². The number of fused-ring (bicyclic) bond motifs is 3. The average Bonchev–Trinajstić information content (AvgIpc) is 3.30. The Bertz CT molecular complexity index is 869. The minimum absolute atomic E-state index is 0.0716. The summed E-state index contributed by atoms with van der Waals surface area (Å²) in [6, 6.07) is 15.2. The third-order valence-electron chi connectivity index (χ3n) is 6.74. The molecule has 4 heterocycles. The molecule has 29 heavy (non-hydrogen) atoms. The molecule has 6 heteroatoms. The van der Waals surface area contributed by atoms with E-state index in [4.69, 9.17) is 5.26 Å². The van der Waals surface area contributed by atoms with Crippen LogP contribution in [0.1, 0.15) is 36.1 Å². The predicted molar refractivity (Wildman–Crippen MR) is 113 cm³/mol. The van der Waals surface area contributed by atoms with Crippen LogP contribution in [-0.2, 0) is 10.4 Å². The number of amides is 1. The number of piperidine rings is 3. The van der Waals surface area contributed by atoms with Gasteiger partial charge in [0.15, 0.2) is 0 Å². The van der Waals surface area contributed by atoms with Crippen LogP contribution >= 0.6 is 11.3 Å². The Morgan fingerprint density at radius 1 is 1.24 bits per heavy atom. The van der Waals surface area contributed by atoms with Crippen molar-refractivity contribution >= 4 is 17.2 Å². The summed E-state index contributed by atoms with van der Waals surface area (Å²) in [7, 11) is 0. The Hall–Kier alpha value is -2.20. The molecule has 2 N–H and O–H groups in total. The average molecular weight is 411 g/mol. The van der Waals surface area contributed by atoms with Gasteiger partial charge in [-0.1, -0.05) is 36.4 Å². The van der Waals surface area contributed by atoms with E-state index in [0.717, 1.165) is 49.9 Å². The van der Waals surface area contributed by atoms with Gasteiger partial charge in [-0.05, 0) is 22.9 Å². The number of nitrogens with zero attached hydrogens (tertiary/aromatic N) is 2. The van der Waals surface area contributed by atoms with Crippen LogP contribution in [0.3, 0.4) is 0 Å². The highest BCUT2D eigenvalue weighted by Crippen LogP contribution is 2.37. The maximum absolute atomic E-state index is 13.5. The second-order valence-electron chi connectivity index (χ2n) is 8.43. The molecule has 3 fully saturated rings. The highest BCUT2D eigenvalue weighted by atomic mass is 32.1. The molecule has 3 aliphatic rings. The first-order chi connectivity index (χ1) is 14.1. The lowest BCUT2D eigenvalue weighted by atomic mass is 9.80. The number of hydrogen-bond donors (Lipinski definition) is 2. The summed E-state index contributed by atoms with van der Waals surface area (Å²) in [5.74, 6) is 0.137. The van der Waals surface area contributed by atoms with Gasteiger partial charge in [-0.3, -0.25) is 4.79 Å². The normalized spacial score (nSPS) is 27.7. The maximum atomic E-state index is 13.5. The summed E-state index contributed by atoms with van der Waals surface area (Å²) in [5.41, 5.74) is -1.08. The molecule has 0 saturated carbocycles. The first kappa shape index (κ1) is 20.1. The van der Waals surface area contributed by atoms with Gasteiger partial charge in [0.05, 0.1) is 43.2 Å². The van der Waals surface area contributed by atoms with Crippen molar-refractivity contribution in [1.82, 2.24) is 5.32 Å². The van der Waals surface area contributed by atoms with Crippen LogP contribution < -0.4 is 5.32 Å². The van der Waals surface area contributed by atoms with Crippen molar-refractivity contribution in [2.45, 2.75) is 37.3 Å². The number of unbranched alkanes of at least 4 members (excludes halogenated alkanes) is 1. The zero-order valence-corrected chi connectivity index (χ0v) is 17.4. The molecule has 1 aromatic heterocycles. The van der Waals surface area contributed by atoms with Crippen LogP contribution in [-0.4, -0.2) is 47.7 Å². The standard InChI is InChI=1S/C23H27N3O2S/c24-12-4-5-13-26-14-10-18(11-15-26)20(17-26)25-22(27)23(28,21-9-6-16-29-21)19-7-2-1-3-8-19/h1-3,6-9,16,18,20,28H,4-5,10-11,13-15,17H2/p+1/t18?,20-,23?,26?/m0/s1. The van der Waals surface area contributed by atoms with Gasteiger partial charge in [0.2, 0.25) is 5.60 Å². The molecule has 2 aromatic rings. The third-order valence-corrected chi connectivity index (χ3v) is 7.72. The van der Waals surface area contributed by atoms with Crippen LogP contribution in [0.5, 0.6) is 0 Å². The molecule has 3 aliphatic heterocycles. The fourth-order valence-electron chi connectivity index (χ4n) is 5.08. The summed E-state index contributed by atoms with van der Waals surface area (Å²) in [6.07, 6.45) is 3.69. The van der Waals surface area contributed by atoms with E-state index in [-0.39, 0.29) is 11.9 Å². The Morgan fingerprint density at radius 2 is 2.00 bits per heavy atom. The molecule has 1 aromatic carbocycles. The Kier molecular flexibility index (Phi) is 5.73. The van der Waals surface area contributed by atoms with Crippen molar-refractivity contribution in [3.8, 4) is 6.07 Å². The van der Waals surface area contributed by atoms with Crippen LogP contribution in [0.25, 0.3) is 0 Å². The number of thiophene rings is 1. The Balaban J connectivity index is 1.55. The Labute approximate surface area is 176 Å². The fourth-order valence-corrected chi connectivity index (χ4v) is 5.92. The molecule has 0 spiro atoms.